The molecule has 0 N–H and O–H groups in total. The molecule has 0 spiro atoms. The van der Waals surface area contributed by atoms with Gasteiger partial charge in [-0.25, -0.2) is 0 Å². The highest BCUT2D eigenvalue weighted by Crippen LogP contribution is 2.29. The van der Waals surface area contributed by atoms with Crippen molar-refractivity contribution in [3.63, 3.8) is 0 Å². The van der Waals surface area contributed by atoms with Gasteiger partial charge >= 0.3 is 0 Å². The second-order valence-corrected chi connectivity index (χ2v) is 3.94. The van der Waals surface area contributed by atoms with Crippen molar-refractivity contribution in [3.8, 4) is 6.07 Å². The molecule has 0 bridgehead atoms. The highest BCUT2D eigenvalue weighted by Gasteiger charge is 2.24. The Balaban J connectivity index is 2.38. The summed E-state index contributed by atoms with van der Waals surface area (Å²) in [5.74, 6) is -0.0385. The Bertz CT molecular complexity index is 511. The minimum absolute atomic E-state index is 0.0385. The summed E-state index contributed by atoms with van der Waals surface area (Å²) in [4.78, 5) is 13.5. The SMILES string of the molecule is C=C(C)C(=O)N1CCc2cc(C#N)ccc21. The van der Waals surface area contributed by atoms with Gasteiger partial charge in [-0.1, -0.05) is 6.58 Å². The predicted octanol–water partition coefficient (Wildman–Crippen LogP) is 2.02. The van der Waals surface area contributed by atoms with Crippen molar-refractivity contribution in [1.29, 1.82) is 5.26 Å². The fourth-order valence-electron chi connectivity index (χ4n) is 1.91. The highest BCUT2D eigenvalue weighted by molar-refractivity contribution is 6.06. The summed E-state index contributed by atoms with van der Waals surface area (Å²) >= 11 is 0. The third kappa shape index (κ3) is 1.59. The topological polar surface area (TPSA) is 44.1 Å². The molecule has 0 aromatic heterocycles. The van der Waals surface area contributed by atoms with Crippen molar-refractivity contribution in [2.45, 2.75) is 13.3 Å². The van der Waals surface area contributed by atoms with E-state index in [-0.39, 0.29) is 5.91 Å². The van der Waals surface area contributed by atoms with Gasteiger partial charge in [0.15, 0.2) is 0 Å². The van der Waals surface area contributed by atoms with Crippen LogP contribution in [0, 0.1) is 11.3 Å². The second kappa shape index (κ2) is 3.82. The van der Waals surface area contributed by atoms with Crippen molar-refractivity contribution in [3.05, 3.63) is 41.5 Å². The molecule has 3 heteroatoms. The van der Waals surface area contributed by atoms with Crippen LogP contribution in [0.1, 0.15) is 18.1 Å². The fourth-order valence-corrected chi connectivity index (χ4v) is 1.91. The van der Waals surface area contributed by atoms with Gasteiger partial charge in [-0.3, -0.25) is 4.79 Å². The van der Waals surface area contributed by atoms with E-state index in [1.807, 2.05) is 12.1 Å². The Labute approximate surface area is 94.6 Å². The number of fused-ring (bicyclic) bond motifs is 1. The lowest BCUT2D eigenvalue weighted by atomic mass is 10.1. The molecule has 1 aromatic rings. The summed E-state index contributed by atoms with van der Waals surface area (Å²) in [5, 5.41) is 8.79. The van der Waals surface area contributed by atoms with Crippen LogP contribution in [-0.2, 0) is 11.2 Å². The van der Waals surface area contributed by atoms with Gasteiger partial charge in [0.05, 0.1) is 11.6 Å². The molecule has 1 heterocycles. The number of benzene rings is 1. The number of carbonyl (C=O) groups is 1. The fraction of sp³-hybridized carbons (Fsp3) is 0.231. The number of nitriles is 1. The Hall–Kier alpha value is -2.08. The summed E-state index contributed by atoms with van der Waals surface area (Å²) in [6, 6.07) is 7.52. The van der Waals surface area contributed by atoms with Gasteiger partial charge in [-0.2, -0.15) is 5.26 Å². The number of amides is 1. The molecule has 0 unspecified atom stereocenters. The molecule has 1 aliphatic rings. The number of carbonyl (C=O) groups excluding carboxylic acids is 1. The van der Waals surface area contributed by atoms with Crippen molar-refractivity contribution < 1.29 is 4.79 Å². The van der Waals surface area contributed by atoms with E-state index in [2.05, 4.69) is 12.6 Å². The van der Waals surface area contributed by atoms with E-state index in [1.165, 1.54) is 0 Å². The van der Waals surface area contributed by atoms with Gasteiger partial charge in [0.2, 0.25) is 0 Å². The maximum absolute atomic E-state index is 11.8. The summed E-state index contributed by atoms with van der Waals surface area (Å²) < 4.78 is 0. The van der Waals surface area contributed by atoms with Crippen LogP contribution in [0.4, 0.5) is 5.69 Å². The molecular formula is C13H12N2O. The number of anilines is 1. The first kappa shape index (κ1) is 10.4. The zero-order chi connectivity index (χ0) is 11.7. The zero-order valence-corrected chi connectivity index (χ0v) is 9.16. The van der Waals surface area contributed by atoms with Gasteiger partial charge < -0.3 is 4.90 Å². The second-order valence-electron chi connectivity index (χ2n) is 3.94. The van der Waals surface area contributed by atoms with Crippen LogP contribution in [0.5, 0.6) is 0 Å². The van der Waals surface area contributed by atoms with E-state index in [4.69, 9.17) is 5.26 Å². The summed E-state index contributed by atoms with van der Waals surface area (Å²) in [7, 11) is 0. The summed E-state index contributed by atoms with van der Waals surface area (Å²) in [6.45, 7) is 6.05. The van der Waals surface area contributed by atoms with Crippen LogP contribution < -0.4 is 4.90 Å². The minimum Gasteiger partial charge on any atom is -0.308 e. The van der Waals surface area contributed by atoms with Crippen LogP contribution in [0.3, 0.4) is 0 Å². The Morgan fingerprint density at radius 1 is 1.56 bits per heavy atom. The first-order valence-electron chi connectivity index (χ1n) is 5.14. The van der Waals surface area contributed by atoms with Gasteiger partial charge in [0.1, 0.15) is 0 Å². The average molecular weight is 212 g/mol. The van der Waals surface area contributed by atoms with Crippen LogP contribution in [-0.4, -0.2) is 12.5 Å². The molecule has 3 nitrogen and oxygen atoms in total. The third-order valence-corrected chi connectivity index (χ3v) is 2.71. The lowest BCUT2D eigenvalue weighted by Gasteiger charge is -2.16. The van der Waals surface area contributed by atoms with Crippen LogP contribution in [0.25, 0.3) is 0 Å². The first-order chi connectivity index (χ1) is 7.63. The van der Waals surface area contributed by atoms with E-state index in [9.17, 15) is 4.79 Å². The third-order valence-electron chi connectivity index (χ3n) is 2.71. The molecule has 2 rings (SSSR count). The van der Waals surface area contributed by atoms with Gasteiger partial charge in [-0.15, -0.1) is 0 Å². The van der Waals surface area contributed by atoms with Crippen LogP contribution in [0.15, 0.2) is 30.4 Å². The molecule has 80 valence electrons. The number of nitrogens with zero attached hydrogens (tertiary/aromatic N) is 2. The summed E-state index contributed by atoms with van der Waals surface area (Å²) in [6.07, 6.45) is 0.809. The van der Waals surface area contributed by atoms with E-state index in [1.54, 1.807) is 17.9 Å². The maximum Gasteiger partial charge on any atom is 0.253 e. The van der Waals surface area contributed by atoms with Crippen LogP contribution >= 0.6 is 0 Å². The van der Waals surface area contributed by atoms with Crippen molar-refractivity contribution in [2.75, 3.05) is 11.4 Å². The standard InChI is InChI=1S/C13H12N2O/c1-9(2)13(16)15-6-5-11-7-10(8-14)3-4-12(11)15/h3-4,7H,1,5-6H2,2H3. The van der Waals surface area contributed by atoms with E-state index in [0.717, 1.165) is 17.7 Å². The monoisotopic (exact) mass is 212 g/mol. The number of rotatable bonds is 1. The number of hydrogen-bond donors (Lipinski definition) is 0. The lowest BCUT2D eigenvalue weighted by Crippen LogP contribution is -2.29. The van der Waals surface area contributed by atoms with Gasteiger partial charge in [0.25, 0.3) is 5.91 Å². The predicted molar refractivity (Wildman–Crippen MR) is 62.0 cm³/mol. The van der Waals surface area contributed by atoms with Gasteiger partial charge in [0, 0.05) is 17.8 Å². The quantitative estimate of drug-likeness (QED) is 0.668. The molecule has 1 aliphatic heterocycles. The molecule has 0 atom stereocenters. The highest BCUT2D eigenvalue weighted by atomic mass is 16.2. The van der Waals surface area contributed by atoms with Gasteiger partial charge in [-0.05, 0) is 37.1 Å². The number of hydrogen-bond acceptors (Lipinski definition) is 2. The maximum atomic E-state index is 11.8. The van der Waals surface area contributed by atoms with E-state index in [0.29, 0.717) is 17.7 Å². The molecule has 0 saturated carbocycles. The zero-order valence-electron chi connectivity index (χ0n) is 9.16. The van der Waals surface area contributed by atoms with Crippen LogP contribution in [0.2, 0.25) is 0 Å². The average Bonchev–Trinajstić information content (AvgIpc) is 2.70. The molecule has 0 aliphatic carbocycles. The molecular weight excluding hydrogens is 200 g/mol. The summed E-state index contributed by atoms with van der Waals surface area (Å²) in [5.41, 5.74) is 3.15. The molecule has 0 radical (unpaired) electrons. The van der Waals surface area contributed by atoms with E-state index >= 15 is 0 Å². The molecule has 1 aromatic carbocycles. The molecule has 0 fully saturated rings. The smallest absolute Gasteiger partial charge is 0.253 e. The Morgan fingerprint density at radius 3 is 2.94 bits per heavy atom. The van der Waals surface area contributed by atoms with E-state index < -0.39 is 0 Å². The minimum atomic E-state index is -0.0385. The van der Waals surface area contributed by atoms with Crippen molar-refractivity contribution in [2.24, 2.45) is 0 Å². The molecule has 16 heavy (non-hydrogen) atoms. The molecule has 1 amide bonds. The first-order valence-corrected chi connectivity index (χ1v) is 5.14. The van der Waals surface area contributed by atoms with Crippen molar-refractivity contribution >= 4 is 11.6 Å². The molecule has 0 saturated heterocycles. The normalized spacial score (nSPS) is 13.1. The largest absolute Gasteiger partial charge is 0.308 e. The lowest BCUT2D eigenvalue weighted by molar-refractivity contribution is -0.115. The Kier molecular flexibility index (Phi) is 2.49. The Morgan fingerprint density at radius 2 is 2.31 bits per heavy atom. The van der Waals surface area contributed by atoms with Crippen molar-refractivity contribution in [1.82, 2.24) is 0 Å².